The Hall–Kier alpha value is -1.61. The molecule has 0 fully saturated rings. The van der Waals surface area contributed by atoms with Crippen LogP contribution in [0.5, 0.6) is 0 Å². The highest BCUT2D eigenvalue weighted by molar-refractivity contribution is 5.90. The average Bonchev–Trinajstić information content (AvgIpc) is 2.30. The summed E-state index contributed by atoms with van der Waals surface area (Å²) in [5.41, 5.74) is 2.12. The number of benzene rings is 1. The van der Waals surface area contributed by atoms with Gasteiger partial charge in [-0.3, -0.25) is 4.98 Å². The molecule has 0 amide bonds. The van der Waals surface area contributed by atoms with Gasteiger partial charge in [-0.15, -0.1) is 0 Å². The molecule has 3 heteroatoms. The van der Waals surface area contributed by atoms with Crippen molar-refractivity contribution >= 4 is 16.6 Å². The molecule has 0 spiro atoms. The molecule has 0 bridgehead atoms. The molecular formula is C12H14N2O. The van der Waals surface area contributed by atoms with Crippen LogP contribution >= 0.6 is 0 Å². The number of rotatable bonds is 4. The maximum Gasteiger partial charge on any atom is 0.0722 e. The van der Waals surface area contributed by atoms with Gasteiger partial charge in [-0.05, 0) is 12.1 Å². The lowest BCUT2D eigenvalue weighted by molar-refractivity contribution is 0.211. The lowest BCUT2D eigenvalue weighted by Gasteiger charge is -2.08. The van der Waals surface area contributed by atoms with Crippen LogP contribution in [0.1, 0.15) is 0 Å². The van der Waals surface area contributed by atoms with Gasteiger partial charge in [0.15, 0.2) is 0 Å². The number of anilines is 1. The fourth-order valence-corrected chi connectivity index (χ4v) is 1.54. The summed E-state index contributed by atoms with van der Waals surface area (Å²) in [7, 11) is 1.70. The number of nitrogens with one attached hydrogen (secondary N) is 1. The largest absolute Gasteiger partial charge is 0.383 e. The Labute approximate surface area is 89.1 Å². The highest BCUT2D eigenvalue weighted by atomic mass is 16.5. The molecule has 1 aromatic heterocycles. The van der Waals surface area contributed by atoms with E-state index in [9.17, 15) is 0 Å². The monoisotopic (exact) mass is 202 g/mol. The molecule has 2 aromatic rings. The standard InChI is InChI=1S/C12H14N2O/c1-15-9-8-14-12-6-7-13-11-5-3-2-4-10(11)12/h2-7H,8-9H2,1H3,(H,13,14). The zero-order chi connectivity index (χ0) is 10.5. The van der Waals surface area contributed by atoms with Crippen molar-refractivity contribution in [3.63, 3.8) is 0 Å². The van der Waals surface area contributed by atoms with Crippen molar-refractivity contribution in [3.8, 4) is 0 Å². The highest BCUT2D eigenvalue weighted by Gasteiger charge is 1.99. The molecule has 0 aliphatic rings. The highest BCUT2D eigenvalue weighted by Crippen LogP contribution is 2.20. The summed E-state index contributed by atoms with van der Waals surface area (Å²) in [5, 5.41) is 4.47. The van der Waals surface area contributed by atoms with Crippen LogP contribution in [-0.4, -0.2) is 25.2 Å². The molecule has 0 atom stereocenters. The van der Waals surface area contributed by atoms with Gasteiger partial charge in [0.25, 0.3) is 0 Å². The predicted octanol–water partition coefficient (Wildman–Crippen LogP) is 2.29. The summed E-state index contributed by atoms with van der Waals surface area (Å²) in [6, 6.07) is 10.1. The minimum atomic E-state index is 0.705. The molecule has 0 aliphatic heterocycles. The fraction of sp³-hybridized carbons (Fsp3) is 0.250. The van der Waals surface area contributed by atoms with E-state index in [2.05, 4.69) is 16.4 Å². The SMILES string of the molecule is COCCNc1ccnc2ccccc12. The summed E-state index contributed by atoms with van der Waals surface area (Å²) in [6.45, 7) is 1.52. The third-order valence-electron chi connectivity index (χ3n) is 2.27. The Morgan fingerprint density at radius 2 is 2.13 bits per heavy atom. The lowest BCUT2D eigenvalue weighted by Crippen LogP contribution is -2.07. The van der Waals surface area contributed by atoms with Crippen molar-refractivity contribution < 1.29 is 4.74 Å². The molecule has 1 N–H and O–H groups in total. The van der Waals surface area contributed by atoms with E-state index in [1.54, 1.807) is 7.11 Å². The quantitative estimate of drug-likeness (QED) is 0.772. The second-order valence-corrected chi connectivity index (χ2v) is 3.30. The van der Waals surface area contributed by atoms with Gasteiger partial charge in [-0.1, -0.05) is 18.2 Å². The summed E-state index contributed by atoms with van der Waals surface area (Å²) in [5.74, 6) is 0. The summed E-state index contributed by atoms with van der Waals surface area (Å²) >= 11 is 0. The third-order valence-corrected chi connectivity index (χ3v) is 2.27. The number of hydrogen-bond acceptors (Lipinski definition) is 3. The van der Waals surface area contributed by atoms with Gasteiger partial charge >= 0.3 is 0 Å². The zero-order valence-electron chi connectivity index (χ0n) is 8.73. The van der Waals surface area contributed by atoms with Gasteiger partial charge in [0.05, 0.1) is 12.1 Å². The number of aromatic nitrogens is 1. The lowest BCUT2D eigenvalue weighted by atomic mass is 10.2. The molecule has 15 heavy (non-hydrogen) atoms. The van der Waals surface area contributed by atoms with Gasteiger partial charge in [0.1, 0.15) is 0 Å². The Bertz CT molecular complexity index is 437. The van der Waals surface area contributed by atoms with Gasteiger partial charge in [0, 0.05) is 30.9 Å². The topological polar surface area (TPSA) is 34.1 Å². The molecule has 0 radical (unpaired) electrons. The van der Waals surface area contributed by atoms with Crippen LogP contribution in [0.2, 0.25) is 0 Å². The van der Waals surface area contributed by atoms with Crippen LogP contribution in [-0.2, 0) is 4.74 Å². The molecular weight excluding hydrogens is 188 g/mol. The van der Waals surface area contributed by atoms with Crippen molar-refractivity contribution in [1.82, 2.24) is 4.98 Å². The smallest absolute Gasteiger partial charge is 0.0722 e. The number of para-hydroxylation sites is 1. The van der Waals surface area contributed by atoms with Crippen LogP contribution in [0, 0.1) is 0 Å². The minimum absolute atomic E-state index is 0.705. The van der Waals surface area contributed by atoms with Crippen LogP contribution in [0.4, 0.5) is 5.69 Å². The van der Waals surface area contributed by atoms with E-state index in [4.69, 9.17) is 4.74 Å². The average molecular weight is 202 g/mol. The minimum Gasteiger partial charge on any atom is -0.383 e. The van der Waals surface area contributed by atoms with E-state index in [0.717, 1.165) is 23.1 Å². The van der Waals surface area contributed by atoms with E-state index in [1.165, 1.54) is 0 Å². The zero-order valence-corrected chi connectivity index (χ0v) is 8.73. The van der Waals surface area contributed by atoms with E-state index in [-0.39, 0.29) is 0 Å². The number of ether oxygens (including phenoxy) is 1. The Kier molecular flexibility index (Phi) is 3.15. The van der Waals surface area contributed by atoms with Gasteiger partial charge in [-0.2, -0.15) is 0 Å². The van der Waals surface area contributed by atoms with Crippen molar-refractivity contribution in [3.05, 3.63) is 36.5 Å². The number of nitrogens with zero attached hydrogens (tertiary/aromatic N) is 1. The second-order valence-electron chi connectivity index (χ2n) is 3.30. The molecule has 78 valence electrons. The van der Waals surface area contributed by atoms with E-state index in [0.29, 0.717) is 6.61 Å². The number of pyridine rings is 1. The Morgan fingerprint density at radius 1 is 1.27 bits per heavy atom. The van der Waals surface area contributed by atoms with Crippen LogP contribution in [0.3, 0.4) is 0 Å². The first-order valence-corrected chi connectivity index (χ1v) is 4.98. The van der Waals surface area contributed by atoms with E-state index < -0.39 is 0 Å². The first-order chi connectivity index (χ1) is 7.42. The molecule has 1 aromatic carbocycles. The number of fused-ring (bicyclic) bond motifs is 1. The van der Waals surface area contributed by atoms with Crippen LogP contribution in [0.25, 0.3) is 10.9 Å². The second kappa shape index (κ2) is 4.75. The van der Waals surface area contributed by atoms with Crippen molar-refractivity contribution in [2.75, 3.05) is 25.6 Å². The first kappa shape index (κ1) is 9.93. The summed E-state index contributed by atoms with van der Waals surface area (Å²) in [6.07, 6.45) is 1.82. The molecule has 2 rings (SSSR count). The van der Waals surface area contributed by atoms with Crippen molar-refractivity contribution in [2.45, 2.75) is 0 Å². The summed E-state index contributed by atoms with van der Waals surface area (Å²) in [4.78, 5) is 4.30. The number of hydrogen-bond donors (Lipinski definition) is 1. The van der Waals surface area contributed by atoms with E-state index in [1.807, 2.05) is 30.5 Å². The van der Waals surface area contributed by atoms with E-state index >= 15 is 0 Å². The molecule has 0 saturated carbocycles. The first-order valence-electron chi connectivity index (χ1n) is 4.98. The number of methoxy groups -OCH3 is 1. The van der Waals surface area contributed by atoms with Crippen molar-refractivity contribution in [1.29, 1.82) is 0 Å². The van der Waals surface area contributed by atoms with Crippen LogP contribution < -0.4 is 5.32 Å². The Morgan fingerprint density at radius 3 is 3.00 bits per heavy atom. The van der Waals surface area contributed by atoms with Gasteiger partial charge < -0.3 is 10.1 Å². The maximum absolute atomic E-state index is 5.00. The predicted molar refractivity (Wildman–Crippen MR) is 62.1 cm³/mol. The third kappa shape index (κ3) is 2.25. The van der Waals surface area contributed by atoms with Crippen molar-refractivity contribution in [2.24, 2.45) is 0 Å². The maximum atomic E-state index is 5.00. The summed E-state index contributed by atoms with van der Waals surface area (Å²) < 4.78 is 5.00. The molecule has 3 nitrogen and oxygen atoms in total. The molecule has 0 unspecified atom stereocenters. The Balaban J connectivity index is 2.26. The molecule has 0 saturated heterocycles. The normalized spacial score (nSPS) is 10.5. The van der Waals surface area contributed by atoms with Crippen LogP contribution in [0.15, 0.2) is 36.5 Å². The molecule has 1 heterocycles. The molecule has 0 aliphatic carbocycles. The van der Waals surface area contributed by atoms with Gasteiger partial charge in [-0.25, -0.2) is 0 Å². The fourth-order valence-electron chi connectivity index (χ4n) is 1.54. The van der Waals surface area contributed by atoms with Gasteiger partial charge in [0.2, 0.25) is 0 Å².